The van der Waals surface area contributed by atoms with E-state index < -0.39 is 0 Å². The van der Waals surface area contributed by atoms with Crippen LogP contribution < -0.4 is 11.1 Å². The SMILES string of the molecule is NCc1ccccc1CNc1cccc(F)c1. The minimum atomic E-state index is -0.234. The molecule has 2 rings (SSSR count). The van der Waals surface area contributed by atoms with Gasteiger partial charge in [-0.3, -0.25) is 0 Å². The van der Waals surface area contributed by atoms with Crippen molar-refractivity contribution in [2.75, 3.05) is 5.32 Å². The Morgan fingerprint density at radius 1 is 1.00 bits per heavy atom. The fourth-order valence-corrected chi connectivity index (χ4v) is 1.72. The Bertz CT molecular complexity index is 497. The molecule has 0 aliphatic rings. The lowest BCUT2D eigenvalue weighted by Crippen LogP contribution is -2.06. The Hall–Kier alpha value is -1.87. The summed E-state index contributed by atoms with van der Waals surface area (Å²) < 4.78 is 13.0. The monoisotopic (exact) mass is 230 g/mol. The van der Waals surface area contributed by atoms with Crippen molar-refractivity contribution in [3.8, 4) is 0 Å². The lowest BCUT2D eigenvalue weighted by molar-refractivity contribution is 0.628. The second-order valence-corrected chi connectivity index (χ2v) is 3.84. The molecular formula is C14H15FN2. The molecule has 0 unspecified atom stereocenters. The van der Waals surface area contributed by atoms with E-state index in [-0.39, 0.29) is 5.82 Å². The van der Waals surface area contributed by atoms with Gasteiger partial charge in [-0.25, -0.2) is 4.39 Å². The Balaban J connectivity index is 2.07. The van der Waals surface area contributed by atoms with Gasteiger partial charge in [0.25, 0.3) is 0 Å². The van der Waals surface area contributed by atoms with Gasteiger partial charge >= 0.3 is 0 Å². The Morgan fingerprint density at radius 3 is 2.47 bits per heavy atom. The summed E-state index contributed by atoms with van der Waals surface area (Å²) in [5.74, 6) is -0.234. The molecule has 17 heavy (non-hydrogen) atoms. The zero-order chi connectivity index (χ0) is 12.1. The Morgan fingerprint density at radius 2 is 1.76 bits per heavy atom. The fourth-order valence-electron chi connectivity index (χ4n) is 1.72. The second-order valence-electron chi connectivity index (χ2n) is 3.84. The molecule has 0 amide bonds. The average molecular weight is 230 g/mol. The standard InChI is InChI=1S/C14H15FN2/c15-13-6-3-7-14(8-13)17-10-12-5-2-1-4-11(12)9-16/h1-8,17H,9-10,16H2. The molecule has 0 fully saturated rings. The van der Waals surface area contributed by atoms with Crippen molar-refractivity contribution < 1.29 is 4.39 Å². The first kappa shape index (κ1) is 11.6. The molecule has 0 saturated heterocycles. The van der Waals surface area contributed by atoms with Crippen molar-refractivity contribution in [3.05, 3.63) is 65.5 Å². The molecular weight excluding hydrogens is 215 g/mol. The molecule has 0 atom stereocenters. The largest absolute Gasteiger partial charge is 0.381 e. The third-order valence-corrected chi connectivity index (χ3v) is 2.65. The number of hydrogen-bond donors (Lipinski definition) is 2. The zero-order valence-corrected chi connectivity index (χ0v) is 9.49. The lowest BCUT2D eigenvalue weighted by atomic mass is 10.1. The number of anilines is 1. The number of nitrogens with two attached hydrogens (primary N) is 1. The van der Waals surface area contributed by atoms with E-state index in [1.54, 1.807) is 6.07 Å². The molecule has 88 valence electrons. The maximum absolute atomic E-state index is 13.0. The van der Waals surface area contributed by atoms with Gasteiger partial charge in [-0.05, 0) is 29.3 Å². The molecule has 0 aliphatic carbocycles. The van der Waals surface area contributed by atoms with Gasteiger partial charge in [-0.2, -0.15) is 0 Å². The van der Waals surface area contributed by atoms with E-state index in [9.17, 15) is 4.39 Å². The van der Waals surface area contributed by atoms with Gasteiger partial charge in [0.05, 0.1) is 0 Å². The van der Waals surface area contributed by atoms with Crippen LogP contribution in [-0.2, 0) is 13.1 Å². The summed E-state index contributed by atoms with van der Waals surface area (Å²) in [6.45, 7) is 1.16. The van der Waals surface area contributed by atoms with Crippen LogP contribution in [0.4, 0.5) is 10.1 Å². The topological polar surface area (TPSA) is 38.0 Å². The molecule has 0 aromatic heterocycles. The summed E-state index contributed by atoms with van der Waals surface area (Å²) in [4.78, 5) is 0. The Labute approximate surface area is 100 Å². The van der Waals surface area contributed by atoms with E-state index >= 15 is 0 Å². The predicted molar refractivity (Wildman–Crippen MR) is 68.1 cm³/mol. The maximum Gasteiger partial charge on any atom is 0.125 e. The van der Waals surface area contributed by atoms with E-state index in [0.29, 0.717) is 13.1 Å². The molecule has 3 N–H and O–H groups in total. The van der Waals surface area contributed by atoms with Gasteiger partial charge in [0.1, 0.15) is 5.82 Å². The van der Waals surface area contributed by atoms with Gasteiger partial charge in [0.2, 0.25) is 0 Å². The number of hydrogen-bond acceptors (Lipinski definition) is 2. The number of benzene rings is 2. The van der Waals surface area contributed by atoms with Gasteiger partial charge in [0.15, 0.2) is 0 Å². The van der Waals surface area contributed by atoms with Crippen LogP contribution in [0.5, 0.6) is 0 Å². The highest BCUT2D eigenvalue weighted by molar-refractivity contribution is 5.44. The van der Waals surface area contributed by atoms with Gasteiger partial charge in [0, 0.05) is 18.8 Å². The fraction of sp³-hybridized carbons (Fsp3) is 0.143. The molecule has 2 aromatic rings. The van der Waals surface area contributed by atoms with E-state index in [1.807, 2.05) is 30.3 Å². The number of rotatable bonds is 4. The highest BCUT2D eigenvalue weighted by atomic mass is 19.1. The quantitative estimate of drug-likeness (QED) is 0.847. The summed E-state index contributed by atoms with van der Waals surface area (Å²) >= 11 is 0. The first-order valence-electron chi connectivity index (χ1n) is 5.56. The molecule has 0 bridgehead atoms. The first-order chi connectivity index (χ1) is 8.29. The van der Waals surface area contributed by atoms with Gasteiger partial charge < -0.3 is 11.1 Å². The van der Waals surface area contributed by atoms with Crippen LogP contribution in [-0.4, -0.2) is 0 Å². The van der Waals surface area contributed by atoms with Crippen LogP contribution in [0.1, 0.15) is 11.1 Å². The highest BCUT2D eigenvalue weighted by Gasteiger charge is 2.00. The molecule has 0 radical (unpaired) electrons. The van der Waals surface area contributed by atoms with E-state index in [0.717, 1.165) is 16.8 Å². The molecule has 2 aromatic carbocycles. The van der Waals surface area contributed by atoms with Crippen LogP contribution in [0, 0.1) is 5.82 Å². The van der Waals surface area contributed by atoms with Crippen LogP contribution in [0.2, 0.25) is 0 Å². The second kappa shape index (κ2) is 5.46. The van der Waals surface area contributed by atoms with E-state index in [1.165, 1.54) is 12.1 Å². The summed E-state index contributed by atoms with van der Waals surface area (Å²) in [7, 11) is 0. The summed E-state index contributed by atoms with van der Waals surface area (Å²) in [5.41, 5.74) is 8.68. The van der Waals surface area contributed by atoms with Crippen molar-refractivity contribution in [2.24, 2.45) is 5.73 Å². The van der Waals surface area contributed by atoms with Crippen LogP contribution >= 0.6 is 0 Å². The number of nitrogens with one attached hydrogen (secondary N) is 1. The lowest BCUT2D eigenvalue weighted by Gasteiger charge is -2.10. The minimum absolute atomic E-state index is 0.234. The van der Waals surface area contributed by atoms with Crippen LogP contribution in [0.3, 0.4) is 0 Å². The smallest absolute Gasteiger partial charge is 0.125 e. The summed E-state index contributed by atoms with van der Waals surface area (Å²) in [6, 6.07) is 14.4. The zero-order valence-electron chi connectivity index (χ0n) is 9.49. The first-order valence-corrected chi connectivity index (χ1v) is 5.56. The van der Waals surface area contributed by atoms with Crippen molar-refractivity contribution in [1.29, 1.82) is 0 Å². The number of halogens is 1. The van der Waals surface area contributed by atoms with Crippen molar-refractivity contribution >= 4 is 5.69 Å². The van der Waals surface area contributed by atoms with Crippen molar-refractivity contribution in [1.82, 2.24) is 0 Å². The molecule has 0 spiro atoms. The normalized spacial score (nSPS) is 10.2. The van der Waals surface area contributed by atoms with Crippen molar-refractivity contribution in [3.63, 3.8) is 0 Å². The van der Waals surface area contributed by atoms with Crippen LogP contribution in [0.25, 0.3) is 0 Å². The molecule has 0 aliphatic heterocycles. The summed E-state index contributed by atoms with van der Waals surface area (Å²) in [6.07, 6.45) is 0. The predicted octanol–water partition coefficient (Wildman–Crippen LogP) is 2.90. The molecule has 0 heterocycles. The van der Waals surface area contributed by atoms with Gasteiger partial charge in [-0.15, -0.1) is 0 Å². The van der Waals surface area contributed by atoms with Crippen molar-refractivity contribution in [2.45, 2.75) is 13.1 Å². The molecule has 0 saturated carbocycles. The third kappa shape index (κ3) is 3.04. The minimum Gasteiger partial charge on any atom is -0.381 e. The Kier molecular flexibility index (Phi) is 3.73. The summed E-state index contributed by atoms with van der Waals surface area (Å²) in [5, 5.41) is 3.18. The van der Waals surface area contributed by atoms with Gasteiger partial charge in [-0.1, -0.05) is 30.3 Å². The maximum atomic E-state index is 13.0. The molecule has 2 nitrogen and oxygen atoms in total. The third-order valence-electron chi connectivity index (χ3n) is 2.65. The molecule has 3 heteroatoms. The van der Waals surface area contributed by atoms with E-state index in [2.05, 4.69) is 5.32 Å². The van der Waals surface area contributed by atoms with Crippen LogP contribution in [0.15, 0.2) is 48.5 Å². The van der Waals surface area contributed by atoms with E-state index in [4.69, 9.17) is 5.73 Å². The highest BCUT2D eigenvalue weighted by Crippen LogP contribution is 2.13. The average Bonchev–Trinajstić information content (AvgIpc) is 2.37.